The van der Waals surface area contributed by atoms with Crippen molar-refractivity contribution >= 4 is 23.4 Å². The maximum atomic E-state index is 13.5. The van der Waals surface area contributed by atoms with E-state index in [-0.39, 0.29) is 16.8 Å². The molecule has 2 aromatic rings. The number of ketones is 1. The van der Waals surface area contributed by atoms with Crippen LogP contribution in [0.3, 0.4) is 0 Å². The van der Waals surface area contributed by atoms with E-state index in [1.54, 1.807) is 0 Å². The summed E-state index contributed by atoms with van der Waals surface area (Å²) in [5, 5.41) is 20.3. The molecule has 6 heteroatoms. The van der Waals surface area contributed by atoms with E-state index in [4.69, 9.17) is 5.73 Å². The van der Waals surface area contributed by atoms with Crippen molar-refractivity contribution in [1.82, 2.24) is 4.98 Å². The molecule has 0 spiro atoms. The second-order valence-electron chi connectivity index (χ2n) is 10.8. The average Bonchev–Trinajstić information content (AvgIpc) is 2.81. The Bertz CT molecular complexity index is 1180. The maximum absolute atomic E-state index is 13.5. The predicted molar refractivity (Wildman–Crippen MR) is 134 cm³/mol. The van der Waals surface area contributed by atoms with E-state index in [1.807, 2.05) is 24.3 Å². The summed E-state index contributed by atoms with van der Waals surface area (Å²) in [6.45, 7) is 4.24. The molecule has 0 aliphatic heterocycles. The molecular formula is C28H30N4OS. The largest absolute Gasteiger partial charge is 0.383 e. The molecule has 4 saturated carbocycles. The number of carbonyl (C=O) groups excluding carboxylic acids is 1. The van der Waals surface area contributed by atoms with Gasteiger partial charge in [0, 0.05) is 11.0 Å². The minimum atomic E-state index is -0.178. The smallest absolute Gasteiger partial charge is 0.149 e. The number of nitrogens with zero attached hydrogens (tertiary/aromatic N) is 3. The zero-order chi connectivity index (χ0) is 24.0. The highest BCUT2D eigenvalue weighted by Crippen LogP contribution is 2.60. The van der Waals surface area contributed by atoms with E-state index in [1.165, 1.54) is 36.6 Å². The number of nitrogen functional groups attached to an aromatic ring is 1. The van der Waals surface area contributed by atoms with E-state index in [9.17, 15) is 15.3 Å². The van der Waals surface area contributed by atoms with Crippen LogP contribution in [-0.4, -0.2) is 16.5 Å². The van der Waals surface area contributed by atoms with Crippen molar-refractivity contribution in [2.24, 2.45) is 23.2 Å². The summed E-state index contributed by atoms with van der Waals surface area (Å²) in [7, 11) is 0. The van der Waals surface area contributed by atoms with Gasteiger partial charge in [0.1, 0.15) is 34.3 Å². The second-order valence-corrected chi connectivity index (χ2v) is 11.8. The molecule has 5 nitrogen and oxygen atoms in total. The number of carbonyl (C=O) groups is 1. The van der Waals surface area contributed by atoms with Crippen molar-refractivity contribution < 1.29 is 4.79 Å². The molecule has 6 rings (SSSR count). The maximum Gasteiger partial charge on any atom is 0.149 e. The Morgan fingerprint density at radius 2 is 1.62 bits per heavy atom. The molecule has 1 aromatic carbocycles. The number of benzene rings is 1. The van der Waals surface area contributed by atoms with E-state index < -0.39 is 0 Å². The number of hydrogen-bond donors (Lipinski definition) is 1. The number of pyridine rings is 1. The van der Waals surface area contributed by atoms with E-state index in [2.05, 4.69) is 31.0 Å². The fourth-order valence-corrected chi connectivity index (χ4v) is 7.99. The zero-order valence-corrected chi connectivity index (χ0v) is 20.6. The highest BCUT2D eigenvalue weighted by atomic mass is 32.2. The predicted octanol–water partition coefficient (Wildman–Crippen LogP) is 6.08. The SMILES string of the molecule is CC(C)c1ccc(-c2c(C#N)c(N)nc(SCC(=O)C34CC5CC(CC(C5)C3)C4)c2C#N)cc1. The lowest BCUT2D eigenvalue weighted by molar-refractivity contribution is -0.141. The normalized spacial score (nSPS) is 26.9. The molecular weight excluding hydrogens is 440 g/mol. The molecule has 0 amide bonds. The number of anilines is 1. The molecule has 0 atom stereocenters. The summed E-state index contributed by atoms with van der Waals surface area (Å²) in [6.07, 6.45) is 6.97. The molecule has 0 saturated heterocycles. The van der Waals surface area contributed by atoms with E-state index >= 15 is 0 Å². The Labute approximate surface area is 205 Å². The van der Waals surface area contributed by atoms with Gasteiger partial charge in [-0.15, -0.1) is 0 Å². The van der Waals surface area contributed by atoms with Crippen LogP contribution >= 0.6 is 11.8 Å². The molecule has 0 radical (unpaired) electrons. The number of nitrogens with two attached hydrogens (primary N) is 1. The van der Waals surface area contributed by atoms with Gasteiger partial charge in [0.25, 0.3) is 0 Å². The molecule has 4 fully saturated rings. The van der Waals surface area contributed by atoms with Crippen molar-refractivity contribution in [3.05, 3.63) is 41.0 Å². The van der Waals surface area contributed by atoms with E-state index in [0.29, 0.717) is 51.4 Å². The van der Waals surface area contributed by atoms with Crippen LogP contribution < -0.4 is 5.73 Å². The van der Waals surface area contributed by atoms with E-state index in [0.717, 1.165) is 24.8 Å². The van der Waals surface area contributed by atoms with Crippen LogP contribution in [-0.2, 0) is 4.79 Å². The minimum Gasteiger partial charge on any atom is -0.383 e. The quantitative estimate of drug-likeness (QED) is 0.514. The van der Waals surface area contributed by atoms with Gasteiger partial charge in [0.2, 0.25) is 0 Å². The monoisotopic (exact) mass is 470 g/mol. The Morgan fingerprint density at radius 3 is 2.12 bits per heavy atom. The number of rotatable bonds is 6. The van der Waals surface area contributed by atoms with Crippen molar-refractivity contribution in [2.75, 3.05) is 11.5 Å². The summed E-state index contributed by atoms with van der Waals surface area (Å²) < 4.78 is 0. The highest BCUT2D eigenvalue weighted by Gasteiger charge is 2.54. The van der Waals surface area contributed by atoms with Gasteiger partial charge < -0.3 is 5.73 Å². The van der Waals surface area contributed by atoms with Gasteiger partial charge in [0.15, 0.2) is 0 Å². The molecule has 4 aliphatic carbocycles. The average molecular weight is 471 g/mol. The Balaban J connectivity index is 1.45. The third kappa shape index (κ3) is 3.89. The number of aromatic nitrogens is 1. The fraction of sp³-hybridized carbons (Fsp3) is 0.500. The molecule has 174 valence electrons. The molecule has 1 aromatic heterocycles. The topological polar surface area (TPSA) is 104 Å². The summed E-state index contributed by atoms with van der Waals surface area (Å²) in [5.74, 6) is 3.20. The molecule has 2 N–H and O–H groups in total. The van der Waals surface area contributed by atoms with Crippen LogP contribution in [0, 0.1) is 45.8 Å². The number of Topliss-reactive ketones (excluding diaryl/α,β-unsaturated/α-hetero) is 1. The fourth-order valence-electron chi connectivity index (χ4n) is 6.97. The first-order valence-corrected chi connectivity index (χ1v) is 13.2. The van der Waals surface area contributed by atoms with Crippen molar-refractivity contribution in [3.8, 4) is 23.3 Å². The van der Waals surface area contributed by atoms with Gasteiger partial charge >= 0.3 is 0 Å². The first-order chi connectivity index (χ1) is 16.3. The van der Waals surface area contributed by atoms with Gasteiger partial charge in [0.05, 0.1) is 11.3 Å². The van der Waals surface area contributed by atoms with Gasteiger partial charge in [-0.2, -0.15) is 10.5 Å². The van der Waals surface area contributed by atoms with Crippen LogP contribution in [0.1, 0.15) is 75.0 Å². The van der Waals surface area contributed by atoms with Crippen molar-refractivity contribution in [3.63, 3.8) is 0 Å². The van der Waals surface area contributed by atoms with Crippen molar-refractivity contribution in [1.29, 1.82) is 10.5 Å². The summed E-state index contributed by atoms with van der Waals surface area (Å²) >= 11 is 1.31. The number of nitriles is 2. The summed E-state index contributed by atoms with van der Waals surface area (Å²) in [4.78, 5) is 17.9. The Kier molecular flexibility index (Phi) is 5.90. The minimum absolute atomic E-state index is 0.106. The molecule has 4 bridgehead atoms. The van der Waals surface area contributed by atoms with Gasteiger partial charge in [-0.05, 0) is 73.3 Å². The van der Waals surface area contributed by atoms with Gasteiger partial charge in [-0.3, -0.25) is 4.79 Å². The molecule has 0 unspecified atom stereocenters. The van der Waals surface area contributed by atoms with Gasteiger partial charge in [-0.25, -0.2) is 4.98 Å². The van der Waals surface area contributed by atoms with Gasteiger partial charge in [-0.1, -0.05) is 49.9 Å². The number of hydrogen-bond acceptors (Lipinski definition) is 6. The lowest BCUT2D eigenvalue weighted by Gasteiger charge is -2.56. The van der Waals surface area contributed by atoms with Crippen LogP contribution in [0.4, 0.5) is 5.82 Å². The molecule has 1 heterocycles. The zero-order valence-electron chi connectivity index (χ0n) is 19.8. The molecule has 4 aliphatic rings. The standard InChI is InChI=1S/C28H30N4OS/c1-16(2)20-3-5-21(6-4-20)25-22(13-29)26(31)32-27(23(25)14-30)34-15-24(33)28-10-17-7-18(11-28)9-19(8-17)12-28/h3-6,16-19H,7-12,15H2,1-2H3,(H2,31,32). The summed E-state index contributed by atoms with van der Waals surface area (Å²) in [6, 6.07) is 12.3. The Hall–Kier alpha value is -2.83. The first kappa shape index (κ1) is 22.9. The first-order valence-electron chi connectivity index (χ1n) is 12.2. The molecule has 34 heavy (non-hydrogen) atoms. The second kappa shape index (κ2) is 8.75. The van der Waals surface area contributed by atoms with Crippen LogP contribution in [0.2, 0.25) is 0 Å². The van der Waals surface area contributed by atoms with Crippen molar-refractivity contribution in [2.45, 2.75) is 63.3 Å². The lowest BCUT2D eigenvalue weighted by Crippen LogP contribution is -2.50. The summed E-state index contributed by atoms with van der Waals surface area (Å²) in [5.41, 5.74) is 9.00. The highest BCUT2D eigenvalue weighted by molar-refractivity contribution is 8.00. The third-order valence-electron chi connectivity index (χ3n) is 8.25. The third-order valence-corrected chi connectivity index (χ3v) is 9.23. The Morgan fingerprint density at radius 1 is 1.06 bits per heavy atom. The lowest BCUT2D eigenvalue weighted by atomic mass is 9.48. The van der Waals surface area contributed by atoms with Crippen LogP contribution in [0.15, 0.2) is 29.3 Å². The van der Waals surface area contributed by atoms with Crippen LogP contribution in [0.5, 0.6) is 0 Å². The number of thioether (sulfide) groups is 1. The van der Waals surface area contributed by atoms with Crippen LogP contribution in [0.25, 0.3) is 11.1 Å².